The van der Waals surface area contributed by atoms with Crippen molar-refractivity contribution in [2.24, 2.45) is 0 Å². The van der Waals surface area contributed by atoms with Crippen molar-refractivity contribution in [2.75, 3.05) is 24.4 Å². The first-order valence-electron chi connectivity index (χ1n) is 11.5. The van der Waals surface area contributed by atoms with E-state index in [4.69, 9.17) is 14.5 Å². The molecule has 0 spiro atoms. The molecule has 1 aromatic carbocycles. The Bertz CT molecular complexity index is 1160. The molecule has 0 bridgehead atoms. The fraction of sp³-hybridized carbons (Fsp3) is 0.400. The Morgan fingerprint density at radius 2 is 2.00 bits per heavy atom. The molecule has 8 heteroatoms. The van der Waals surface area contributed by atoms with Gasteiger partial charge in [-0.1, -0.05) is 30.3 Å². The van der Waals surface area contributed by atoms with E-state index >= 15 is 0 Å². The molecule has 1 aliphatic carbocycles. The van der Waals surface area contributed by atoms with E-state index in [1.165, 1.54) is 13.5 Å². The second-order valence-corrected chi connectivity index (χ2v) is 8.65. The summed E-state index contributed by atoms with van der Waals surface area (Å²) < 4.78 is 12.5. The number of esters is 1. The van der Waals surface area contributed by atoms with E-state index in [-0.39, 0.29) is 11.6 Å². The first kappa shape index (κ1) is 21.5. The van der Waals surface area contributed by atoms with Gasteiger partial charge in [0.2, 0.25) is 0 Å². The molecule has 2 aromatic heterocycles. The lowest BCUT2D eigenvalue weighted by Crippen LogP contribution is -2.28. The second kappa shape index (κ2) is 9.23. The number of amides is 1. The molecular formula is C25H28N4O4. The lowest BCUT2D eigenvalue weighted by Gasteiger charge is -2.27. The van der Waals surface area contributed by atoms with Gasteiger partial charge in [-0.25, -0.2) is 9.78 Å². The lowest BCUT2D eigenvalue weighted by atomic mass is 9.93. The number of hydrogen-bond donors (Lipinski definition) is 2. The van der Waals surface area contributed by atoms with E-state index in [1.807, 2.05) is 41.0 Å². The molecule has 2 fully saturated rings. The zero-order valence-electron chi connectivity index (χ0n) is 18.7. The highest BCUT2D eigenvalue weighted by Crippen LogP contribution is 2.34. The molecule has 1 saturated carbocycles. The molecule has 172 valence electrons. The van der Waals surface area contributed by atoms with Gasteiger partial charge in [0.15, 0.2) is 5.69 Å². The predicted octanol–water partition coefficient (Wildman–Crippen LogP) is 3.95. The van der Waals surface area contributed by atoms with Gasteiger partial charge in [0, 0.05) is 24.6 Å². The predicted molar refractivity (Wildman–Crippen MR) is 125 cm³/mol. The van der Waals surface area contributed by atoms with E-state index < -0.39 is 12.1 Å². The Balaban J connectivity index is 1.62. The Morgan fingerprint density at radius 1 is 1.18 bits per heavy atom. The van der Waals surface area contributed by atoms with Gasteiger partial charge in [0.1, 0.15) is 11.8 Å². The number of nitrogens with zero attached hydrogens (tertiary/aromatic N) is 2. The number of ether oxygens (including phenoxy) is 2. The first-order valence-corrected chi connectivity index (χ1v) is 11.5. The fourth-order valence-electron chi connectivity index (χ4n) is 4.44. The van der Waals surface area contributed by atoms with E-state index in [2.05, 4.69) is 10.6 Å². The van der Waals surface area contributed by atoms with Crippen LogP contribution in [0, 0.1) is 0 Å². The topological polar surface area (TPSA) is 94.5 Å². The van der Waals surface area contributed by atoms with Gasteiger partial charge in [-0.05, 0) is 43.7 Å². The molecule has 1 aliphatic heterocycles. The minimum atomic E-state index is -0.528. The Labute approximate surface area is 192 Å². The van der Waals surface area contributed by atoms with Crippen molar-refractivity contribution in [3.05, 3.63) is 53.9 Å². The number of carbonyl (C=O) groups excluding carboxylic acids is 2. The summed E-state index contributed by atoms with van der Waals surface area (Å²) in [5.74, 6) is -0.783. The summed E-state index contributed by atoms with van der Waals surface area (Å²) >= 11 is 0. The highest BCUT2D eigenvalue weighted by atomic mass is 16.5. The molecule has 1 atom stereocenters. The van der Waals surface area contributed by atoms with Gasteiger partial charge in [-0.15, -0.1) is 0 Å². The summed E-state index contributed by atoms with van der Waals surface area (Å²) in [4.78, 5) is 30.6. The highest BCUT2D eigenvalue weighted by Gasteiger charge is 2.30. The normalized spacial score (nSPS) is 18.2. The highest BCUT2D eigenvalue weighted by molar-refractivity contribution is 6.12. The van der Waals surface area contributed by atoms with Crippen LogP contribution < -0.4 is 10.6 Å². The molecule has 2 aliphatic rings. The maximum Gasteiger partial charge on any atom is 0.356 e. The fourth-order valence-corrected chi connectivity index (χ4v) is 4.44. The maximum absolute atomic E-state index is 13.0. The summed E-state index contributed by atoms with van der Waals surface area (Å²) in [5.41, 5.74) is 3.18. The number of nitrogens with one attached hydrogen (secondary N) is 2. The summed E-state index contributed by atoms with van der Waals surface area (Å²) in [5, 5.41) is 7.17. The number of pyridine rings is 1. The number of rotatable bonds is 7. The van der Waals surface area contributed by atoms with Crippen LogP contribution in [-0.4, -0.2) is 47.3 Å². The van der Waals surface area contributed by atoms with Crippen LogP contribution in [0.25, 0.3) is 11.0 Å². The average molecular weight is 449 g/mol. The van der Waals surface area contributed by atoms with Crippen molar-refractivity contribution in [1.82, 2.24) is 9.55 Å². The zero-order valence-corrected chi connectivity index (χ0v) is 18.7. The quantitative estimate of drug-likeness (QED) is 0.532. The van der Waals surface area contributed by atoms with Crippen LogP contribution in [0.4, 0.5) is 11.4 Å². The summed E-state index contributed by atoms with van der Waals surface area (Å²) in [7, 11) is 1.34. The number of methoxy groups -OCH3 is 1. The number of benzene rings is 1. The Morgan fingerprint density at radius 3 is 2.67 bits per heavy atom. The van der Waals surface area contributed by atoms with Crippen LogP contribution >= 0.6 is 0 Å². The van der Waals surface area contributed by atoms with E-state index in [9.17, 15) is 9.59 Å². The van der Waals surface area contributed by atoms with Gasteiger partial charge < -0.3 is 24.7 Å². The zero-order chi connectivity index (χ0) is 22.8. The lowest BCUT2D eigenvalue weighted by molar-refractivity contribution is -0.124. The van der Waals surface area contributed by atoms with Crippen molar-refractivity contribution < 1.29 is 19.1 Å². The third kappa shape index (κ3) is 4.30. The molecule has 5 rings (SSSR count). The smallest absolute Gasteiger partial charge is 0.356 e. The molecule has 1 amide bonds. The van der Waals surface area contributed by atoms with Crippen LogP contribution in [0.2, 0.25) is 0 Å². The molecule has 33 heavy (non-hydrogen) atoms. The van der Waals surface area contributed by atoms with Crippen LogP contribution in [-0.2, 0) is 20.8 Å². The van der Waals surface area contributed by atoms with Crippen molar-refractivity contribution in [1.29, 1.82) is 0 Å². The minimum Gasteiger partial charge on any atom is -0.464 e. The monoisotopic (exact) mass is 448 g/mol. The molecule has 2 N–H and O–H groups in total. The third-order valence-corrected chi connectivity index (χ3v) is 6.41. The number of hydrogen-bond acceptors (Lipinski definition) is 6. The standard InChI is InChI=1S/C25H28N4O4/c1-32-25(31)22-21(28-24(30)20-11-6-12-33-20)19-13-18(27-17-9-5-10-17)14-26-23(19)29(22)15-16-7-3-2-4-8-16/h2-4,7-8,13-14,17,20,27H,5-6,9-12,15H2,1H3,(H,28,30). The first-order chi connectivity index (χ1) is 16.1. The molecule has 1 unspecified atom stereocenters. The SMILES string of the molecule is COC(=O)c1c(NC(=O)C2CCCO2)c2cc(NC3CCC3)cnc2n1Cc1ccccc1. The van der Waals surface area contributed by atoms with Crippen molar-refractivity contribution in [3.63, 3.8) is 0 Å². The van der Waals surface area contributed by atoms with E-state index in [0.717, 1.165) is 30.5 Å². The number of anilines is 2. The van der Waals surface area contributed by atoms with E-state index in [1.54, 1.807) is 6.20 Å². The van der Waals surface area contributed by atoms with Crippen LogP contribution in [0.15, 0.2) is 42.6 Å². The average Bonchev–Trinajstić information content (AvgIpc) is 3.44. The molecule has 8 nitrogen and oxygen atoms in total. The summed E-state index contributed by atoms with van der Waals surface area (Å²) in [6, 6.07) is 12.2. The maximum atomic E-state index is 13.0. The number of fused-ring (bicyclic) bond motifs is 1. The molecule has 0 radical (unpaired) electrons. The number of aromatic nitrogens is 2. The van der Waals surface area contributed by atoms with Gasteiger partial charge in [0.05, 0.1) is 24.7 Å². The van der Waals surface area contributed by atoms with Gasteiger partial charge in [-0.2, -0.15) is 0 Å². The molecule has 3 aromatic rings. The van der Waals surface area contributed by atoms with Gasteiger partial charge in [-0.3, -0.25) is 4.79 Å². The van der Waals surface area contributed by atoms with Gasteiger partial charge >= 0.3 is 5.97 Å². The summed E-state index contributed by atoms with van der Waals surface area (Å²) in [6.45, 7) is 0.981. The van der Waals surface area contributed by atoms with Crippen LogP contribution in [0.5, 0.6) is 0 Å². The third-order valence-electron chi connectivity index (χ3n) is 6.41. The van der Waals surface area contributed by atoms with Gasteiger partial charge in [0.25, 0.3) is 5.91 Å². The Hall–Kier alpha value is -3.39. The summed E-state index contributed by atoms with van der Waals surface area (Å²) in [6.07, 6.45) is 6.24. The molecule has 1 saturated heterocycles. The van der Waals surface area contributed by atoms with E-state index in [0.29, 0.717) is 42.3 Å². The van der Waals surface area contributed by atoms with Crippen molar-refractivity contribution in [3.8, 4) is 0 Å². The molecule has 3 heterocycles. The second-order valence-electron chi connectivity index (χ2n) is 8.65. The van der Waals surface area contributed by atoms with Crippen molar-refractivity contribution >= 4 is 34.3 Å². The van der Waals surface area contributed by atoms with Crippen molar-refractivity contribution in [2.45, 2.75) is 50.8 Å². The van der Waals surface area contributed by atoms with Crippen LogP contribution in [0.3, 0.4) is 0 Å². The number of carbonyl (C=O) groups is 2. The van der Waals surface area contributed by atoms with Crippen LogP contribution in [0.1, 0.15) is 48.2 Å². The molecular weight excluding hydrogens is 420 g/mol. The minimum absolute atomic E-state index is 0.256. The largest absolute Gasteiger partial charge is 0.464 e. The Kier molecular flexibility index (Phi) is 6.00.